The van der Waals surface area contributed by atoms with Crippen LogP contribution in [-0.4, -0.2) is 41.2 Å². The highest BCUT2D eigenvalue weighted by molar-refractivity contribution is 6.22. The highest BCUT2D eigenvalue weighted by Crippen LogP contribution is 2.39. The number of rotatable bonds is 7. The summed E-state index contributed by atoms with van der Waals surface area (Å²) < 4.78 is 0. The van der Waals surface area contributed by atoms with E-state index in [0.29, 0.717) is 36.6 Å². The third-order valence-electron chi connectivity index (χ3n) is 6.00. The maximum atomic E-state index is 12.8. The van der Waals surface area contributed by atoms with Gasteiger partial charge >= 0.3 is 0 Å². The molecule has 1 aliphatic carbocycles. The zero-order chi connectivity index (χ0) is 20.6. The first-order valence-corrected chi connectivity index (χ1v) is 10.00. The Morgan fingerprint density at radius 2 is 1.77 bits per heavy atom. The van der Waals surface area contributed by atoms with E-state index in [9.17, 15) is 14.4 Å². The predicted octanol–water partition coefficient (Wildman–Crippen LogP) is 2.80. The van der Waals surface area contributed by atoms with Crippen LogP contribution >= 0.6 is 12.4 Å². The Balaban J connectivity index is 0.00000256. The number of imide groups is 1. The van der Waals surface area contributed by atoms with Crippen LogP contribution < -0.4 is 11.1 Å². The molecule has 30 heavy (non-hydrogen) atoms. The fraction of sp³-hybridized carbons (Fsp3) is 0.348. The zero-order valence-corrected chi connectivity index (χ0v) is 17.7. The van der Waals surface area contributed by atoms with Crippen molar-refractivity contribution in [1.29, 1.82) is 0 Å². The van der Waals surface area contributed by atoms with Gasteiger partial charge in [-0.05, 0) is 55.9 Å². The number of carbonyl (C=O) groups excluding carboxylic acids is 3. The second-order valence-corrected chi connectivity index (χ2v) is 8.11. The molecular formula is C23H26ClN3O3. The van der Waals surface area contributed by atoms with Gasteiger partial charge in [0.05, 0.1) is 16.7 Å². The standard InChI is InChI=1S/C23H25N3O3.ClH/c1-23(14-24,17-8-9-17)25-20(27)16-7-10-18-19(13-16)22(29)26(21(18)28)12-11-15-5-3-2-4-6-15;/h2-7,10,13,17H,8-9,11-12,14,24H2,1H3,(H,25,27);1H. The van der Waals surface area contributed by atoms with E-state index in [1.807, 2.05) is 37.3 Å². The lowest BCUT2D eigenvalue weighted by molar-refractivity contribution is 0.0656. The van der Waals surface area contributed by atoms with Gasteiger partial charge in [-0.2, -0.15) is 0 Å². The van der Waals surface area contributed by atoms with Gasteiger partial charge in [0.25, 0.3) is 17.7 Å². The average Bonchev–Trinajstić information content (AvgIpc) is 3.56. The van der Waals surface area contributed by atoms with E-state index in [-0.39, 0.29) is 35.7 Å². The Hall–Kier alpha value is -2.70. The molecule has 2 aromatic rings. The van der Waals surface area contributed by atoms with E-state index >= 15 is 0 Å². The van der Waals surface area contributed by atoms with Crippen molar-refractivity contribution < 1.29 is 14.4 Å². The molecule has 3 N–H and O–H groups in total. The maximum absolute atomic E-state index is 12.8. The minimum absolute atomic E-state index is 0. The van der Waals surface area contributed by atoms with E-state index in [1.165, 1.54) is 11.0 Å². The van der Waals surface area contributed by atoms with Gasteiger partial charge in [-0.15, -0.1) is 12.4 Å². The summed E-state index contributed by atoms with van der Waals surface area (Å²) in [5, 5.41) is 3.02. The smallest absolute Gasteiger partial charge is 0.261 e. The van der Waals surface area contributed by atoms with Crippen LogP contribution in [-0.2, 0) is 6.42 Å². The molecule has 1 unspecified atom stereocenters. The van der Waals surface area contributed by atoms with Crippen molar-refractivity contribution in [2.75, 3.05) is 13.1 Å². The molecule has 4 rings (SSSR count). The van der Waals surface area contributed by atoms with Crippen molar-refractivity contribution >= 4 is 30.1 Å². The Bertz CT molecular complexity index is 975. The molecule has 1 heterocycles. The summed E-state index contributed by atoms with van der Waals surface area (Å²) in [6.07, 6.45) is 2.71. The lowest BCUT2D eigenvalue weighted by Gasteiger charge is -2.29. The van der Waals surface area contributed by atoms with Crippen LogP contribution in [0.15, 0.2) is 48.5 Å². The lowest BCUT2D eigenvalue weighted by atomic mass is 9.95. The minimum atomic E-state index is -0.447. The molecule has 7 heteroatoms. The SMILES string of the molecule is CC(CN)(NC(=O)c1ccc2c(c1)C(=O)N(CCc1ccccc1)C2=O)C1CC1.Cl. The summed E-state index contributed by atoms with van der Waals surface area (Å²) in [6.45, 7) is 2.62. The summed E-state index contributed by atoms with van der Waals surface area (Å²) in [5.41, 5.74) is 7.51. The van der Waals surface area contributed by atoms with Crippen molar-refractivity contribution in [2.24, 2.45) is 11.7 Å². The van der Waals surface area contributed by atoms with Crippen LogP contribution in [0.25, 0.3) is 0 Å². The summed E-state index contributed by atoms with van der Waals surface area (Å²) in [7, 11) is 0. The summed E-state index contributed by atoms with van der Waals surface area (Å²) >= 11 is 0. The van der Waals surface area contributed by atoms with Gasteiger partial charge in [-0.1, -0.05) is 30.3 Å². The largest absolute Gasteiger partial charge is 0.345 e. The molecule has 3 amide bonds. The van der Waals surface area contributed by atoms with E-state index < -0.39 is 5.54 Å². The monoisotopic (exact) mass is 427 g/mol. The highest BCUT2D eigenvalue weighted by atomic mass is 35.5. The molecule has 0 bridgehead atoms. The fourth-order valence-corrected chi connectivity index (χ4v) is 3.89. The molecular weight excluding hydrogens is 402 g/mol. The molecule has 0 spiro atoms. The number of nitrogens with two attached hydrogens (primary N) is 1. The number of hydrogen-bond acceptors (Lipinski definition) is 4. The first kappa shape index (κ1) is 22.0. The third kappa shape index (κ3) is 4.11. The first-order valence-electron chi connectivity index (χ1n) is 10.00. The van der Waals surface area contributed by atoms with Crippen LogP contribution in [0.2, 0.25) is 0 Å². The summed E-state index contributed by atoms with van der Waals surface area (Å²) in [5.74, 6) is -0.532. The Labute approximate surface area is 182 Å². The Kier molecular flexibility index (Phi) is 6.29. The van der Waals surface area contributed by atoms with Gasteiger partial charge in [-0.25, -0.2) is 0 Å². The molecule has 6 nitrogen and oxygen atoms in total. The van der Waals surface area contributed by atoms with Crippen molar-refractivity contribution in [3.63, 3.8) is 0 Å². The van der Waals surface area contributed by atoms with Crippen molar-refractivity contribution in [3.05, 3.63) is 70.8 Å². The van der Waals surface area contributed by atoms with Crippen LogP contribution in [0, 0.1) is 5.92 Å². The van der Waals surface area contributed by atoms with Gasteiger partial charge in [-0.3, -0.25) is 19.3 Å². The van der Waals surface area contributed by atoms with E-state index in [2.05, 4.69) is 5.32 Å². The number of nitrogens with zero attached hydrogens (tertiary/aromatic N) is 1. The molecule has 0 aromatic heterocycles. The van der Waals surface area contributed by atoms with Crippen LogP contribution in [0.5, 0.6) is 0 Å². The molecule has 1 saturated carbocycles. The van der Waals surface area contributed by atoms with Crippen molar-refractivity contribution in [2.45, 2.75) is 31.7 Å². The van der Waals surface area contributed by atoms with Crippen LogP contribution in [0.4, 0.5) is 0 Å². The van der Waals surface area contributed by atoms with E-state index in [0.717, 1.165) is 18.4 Å². The molecule has 158 valence electrons. The maximum Gasteiger partial charge on any atom is 0.261 e. The van der Waals surface area contributed by atoms with Crippen LogP contribution in [0.1, 0.15) is 56.4 Å². The minimum Gasteiger partial charge on any atom is -0.345 e. The van der Waals surface area contributed by atoms with E-state index in [1.54, 1.807) is 12.1 Å². The van der Waals surface area contributed by atoms with Gasteiger partial charge in [0.15, 0.2) is 0 Å². The summed E-state index contributed by atoms with van der Waals surface area (Å²) in [6, 6.07) is 14.4. The number of halogens is 1. The Morgan fingerprint density at radius 1 is 1.10 bits per heavy atom. The predicted molar refractivity (Wildman–Crippen MR) is 117 cm³/mol. The highest BCUT2D eigenvalue weighted by Gasteiger charge is 2.42. The van der Waals surface area contributed by atoms with Gasteiger partial charge in [0.1, 0.15) is 0 Å². The fourth-order valence-electron chi connectivity index (χ4n) is 3.89. The summed E-state index contributed by atoms with van der Waals surface area (Å²) in [4.78, 5) is 39.5. The van der Waals surface area contributed by atoms with E-state index in [4.69, 9.17) is 5.73 Å². The number of nitrogens with one attached hydrogen (secondary N) is 1. The number of amides is 3. The zero-order valence-electron chi connectivity index (χ0n) is 16.9. The molecule has 2 aromatic carbocycles. The second kappa shape index (κ2) is 8.58. The molecule has 1 fully saturated rings. The molecule has 1 aliphatic heterocycles. The first-order chi connectivity index (χ1) is 13.9. The number of benzene rings is 2. The van der Waals surface area contributed by atoms with Crippen LogP contribution in [0.3, 0.4) is 0 Å². The van der Waals surface area contributed by atoms with Gasteiger partial charge in [0.2, 0.25) is 0 Å². The normalized spacial score (nSPS) is 17.2. The van der Waals surface area contributed by atoms with Crippen molar-refractivity contribution in [1.82, 2.24) is 10.2 Å². The molecule has 0 saturated heterocycles. The van der Waals surface area contributed by atoms with Gasteiger partial charge in [0, 0.05) is 18.7 Å². The molecule has 2 aliphatic rings. The number of fused-ring (bicyclic) bond motifs is 1. The Morgan fingerprint density at radius 3 is 2.40 bits per heavy atom. The molecule has 0 radical (unpaired) electrons. The average molecular weight is 428 g/mol. The number of carbonyl (C=O) groups is 3. The second-order valence-electron chi connectivity index (χ2n) is 8.11. The molecule has 1 atom stereocenters. The quantitative estimate of drug-likeness (QED) is 0.664. The number of hydrogen-bond donors (Lipinski definition) is 2. The topological polar surface area (TPSA) is 92.5 Å². The third-order valence-corrected chi connectivity index (χ3v) is 6.00. The van der Waals surface area contributed by atoms with Gasteiger partial charge < -0.3 is 11.1 Å². The van der Waals surface area contributed by atoms with Crippen molar-refractivity contribution in [3.8, 4) is 0 Å². The lowest BCUT2D eigenvalue weighted by Crippen LogP contribution is -2.53.